The van der Waals surface area contributed by atoms with Gasteiger partial charge in [-0.15, -0.1) is 0 Å². The topological polar surface area (TPSA) is 20.3 Å². The summed E-state index contributed by atoms with van der Waals surface area (Å²) in [5, 5.41) is 0. The molecule has 0 aromatic heterocycles. The van der Waals surface area contributed by atoms with Crippen molar-refractivity contribution in [3.63, 3.8) is 0 Å². The molecule has 1 aromatic carbocycles. The second-order valence-electron chi connectivity index (χ2n) is 4.23. The summed E-state index contributed by atoms with van der Waals surface area (Å²) >= 11 is 2.22. The lowest BCUT2D eigenvalue weighted by atomic mass is 9.97. The number of Topliss-reactive ketones (excluding diaryl/α,β-unsaturated/α-hetero) is 1. The predicted octanol–water partition coefficient (Wildman–Crippen LogP) is 4.09. The van der Waals surface area contributed by atoms with Crippen molar-refractivity contribution in [3.05, 3.63) is 47.3 Å². The second kappa shape index (κ2) is 6.16. The van der Waals surface area contributed by atoms with Crippen LogP contribution in [0.1, 0.15) is 24.9 Å². The number of benzene rings is 1. The first kappa shape index (κ1) is 14.0. The van der Waals surface area contributed by atoms with Crippen LogP contribution in [0.5, 0.6) is 0 Å². The maximum absolute atomic E-state index is 12.9. The van der Waals surface area contributed by atoms with Crippen molar-refractivity contribution >= 4 is 36.1 Å². The molecule has 0 saturated carbocycles. The van der Waals surface area contributed by atoms with E-state index in [4.69, 9.17) is 0 Å². The normalized spacial score (nSPS) is 20.6. The van der Waals surface area contributed by atoms with Crippen LogP contribution in [0.3, 0.4) is 0 Å². The molecule has 1 atom stereocenters. The maximum Gasteiger partial charge on any atom is 0.156 e. The highest BCUT2D eigenvalue weighted by molar-refractivity contribution is 14.2. The largest absolute Gasteiger partial charge is 0.295 e. The summed E-state index contributed by atoms with van der Waals surface area (Å²) in [6.07, 6.45) is 2.79. The van der Waals surface area contributed by atoms with Crippen LogP contribution in [0.25, 0.3) is 0 Å². The molecule has 1 aromatic rings. The van der Waals surface area contributed by atoms with Gasteiger partial charge in [0, 0.05) is 39.4 Å². The Hall–Kier alpha value is -0.400. The molecule has 0 radical (unpaired) electrons. The van der Waals surface area contributed by atoms with Crippen molar-refractivity contribution < 1.29 is 9.18 Å². The lowest BCUT2D eigenvalue weighted by Gasteiger charge is -2.32. The molecule has 5 heteroatoms. The van der Waals surface area contributed by atoms with Gasteiger partial charge in [-0.3, -0.25) is 4.79 Å². The van der Waals surface area contributed by atoms with Crippen LogP contribution in [-0.2, 0) is 4.79 Å². The Kier molecular flexibility index (Phi) is 4.80. The summed E-state index contributed by atoms with van der Waals surface area (Å²) < 4.78 is 15.1. The SMILES string of the molecule is CC(=O)C1=CCC(c2ccc(F)cc2)N(SI)C1. The first-order chi connectivity index (χ1) is 8.61. The minimum Gasteiger partial charge on any atom is -0.295 e. The number of nitrogens with zero attached hydrogens (tertiary/aromatic N) is 1. The van der Waals surface area contributed by atoms with Gasteiger partial charge in [-0.1, -0.05) is 18.2 Å². The molecular formula is C13H13FINOS. The summed E-state index contributed by atoms with van der Waals surface area (Å²) in [5.74, 6) is -0.0915. The van der Waals surface area contributed by atoms with Gasteiger partial charge in [-0.2, -0.15) is 0 Å². The maximum atomic E-state index is 12.9. The molecule has 0 aliphatic carbocycles. The molecule has 18 heavy (non-hydrogen) atoms. The summed E-state index contributed by atoms with van der Waals surface area (Å²) in [7, 11) is 1.59. The molecule has 1 heterocycles. The number of hydrogen-bond acceptors (Lipinski definition) is 3. The molecule has 0 fully saturated rings. The number of ketones is 1. The zero-order valence-electron chi connectivity index (χ0n) is 9.90. The average molecular weight is 377 g/mol. The van der Waals surface area contributed by atoms with Crippen molar-refractivity contribution in [2.24, 2.45) is 0 Å². The van der Waals surface area contributed by atoms with E-state index in [0.29, 0.717) is 6.54 Å². The Morgan fingerprint density at radius 2 is 2.11 bits per heavy atom. The number of halogens is 2. The molecule has 0 spiro atoms. The Morgan fingerprint density at radius 3 is 2.67 bits per heavy atom. The molecule has 0 N–H and O–H groups in total. The van der Waals surface area contributed by atoms with Crippen LogP contribution >= 0.6 is 30.3 Å². The Morgan fingerprint density at radius 1 is 1.44 bits per heavy atom. The third-order valence-electron chi connectivity index (χ3n) is 3.06. The van der Waals surface area contributed by atoms with Crippen LogP contribution in [-0.4, -0.2) is 16.6 Å². The van der Waals surface area contributed by atoms with Crippen LogP contribution in [0.4, 0.5) is 4.39 Å². The first-order valence-electron chi connectivity index (χ1n) is 5.62. The van der Waals surface area contributed by atoms with Crippen LogP contribution < -0.4 is 0 Å². The molecule has 2 rings (SSSR count). The van der Waals surface area contributed by atoms with Crippen molar-refractivity contribution in [1.82, 2.24) is 4.31 Å². The summed E-state index contributed by atoms with van der Waals surface area (Å²) in [5.41, 5.74) is 1.94. The van der Waals surface area contributed by atoms with Crippen LogP contribution in [0.15, 0.2) is 35.9 Å². The third kappa shape index (κ3) is 3.13. The Labute approximate surface area is 122 Å². The first-order valence-corrected chi connectivity index (χ1v) is 8.94. The standard InChI is InChI=1S/C13H13FINOS/c1-9(17)11-4-7-13(16(8-11)18-15)10-2-5-12(14)6-3-10/h2-6,13H,7-8H2,1H3. The van der Waals surface area contributed by atoms with Crippen LogP contribution in [0.2, 0.25) is 0 Å². The molecule has 1 aliphatic heterocycles. The van der Waals surface area contributed by atoms with E-state index in [-0.39, 0.29) is 17.6 Å². The van der Waals surface area contributed by atoms with E-state index in [9.17, 15) is 9.18 Å². The lowest BCUT2D eigenvalue weighted by Crippen LogP contribution is -2.28. The number of rotatable bonds is 3. The fourth-order valence-corrected chi connectivity index (χ4v) is 3.76. The van der Waals surface area contributed by atoms with Crippen molar-refractivity contribution in [2.75, 3.05) is 6.54 Å². The van der Waals surface area contributed by atoms with Crippen molar-refractivity contribution in [2.45, 2.75) is 19.4 Å². The van der Waals surface area contributed by atoms with Crippen molar-refractivity contribution in [1.29, 1.82) is 0 Å². The zero-order chi connectivity index (χ0) is 13.1. The van der Waals surface area contributed by atoms with E-state index in [0.717, 1.165) is 17.6 Å². The van der Waals surface area contributed by atoms with Gasteiger partial charge in [0.05, 0.1) is 0 Å². The van der Waals surface area contributed by atoms with Gasteiger partial charge in [-0.25, -0.2) is 8.70 Å². The van der Waals surface area contributed by atoms with Crippen LogP contribution in [0, 0.1) is 5.82 Å². The summed E-state index contributed by atoms with van der Waals surface area (Å²) in [6.45, 7) is 2.24. The molecule has 0 amide bonds. The number of carbonyl (C=O) groups is 1. The molecular weight excluding hydrogens is 364 g/mol. The minimum absolute atomic E-state index is 0.128. The highest BCUT2D eigenvalue weighted by atomic mass is 127. The van der Waals surface area contributed by atoms with Gasteiger partial charge in [0.1, 0.15) is 5.82 Å². The predicted molar refractivity (Wildman–Crippen MR) is 80.8 cm³/mol. The van der Waals surface area contributed by atoms with Gasteiger partial charge in [-0.05, 0) is 40.2 Å². The van der Waals surface area contributed by atoms with Crippen molar-refractivity contribution in [3.8, 4) is 0 Å². The van der Waals surface area contributed by atoms with E-state index < -0.39 is 0 Å². The Balaban J connectivity index is 2.23. The molecule has 1 unspecified atom stereocenters. The summed E-state index contributed by atoms with van der Waals surface area (Å²) in [6, 6.07) is 6.79. The van der Waals surface area contributed by atoms with E-state index in [1.807, 2.05) is 18.2 Å². The van der Waals surface area contributed by atoms with E-state index in [1.165, 1.54) is 12.1 Å². The van der Waals surface area contributed by atoms with E-state index in [1.54, 1.807) is 16.0 Å². The van der Waals surface area contributed by atoms with Gasteiger partial charge in [0.15, 0.2) is 5.78 Å². The Bertz CT molecular complexity index is 474. The molecule has 0 saturated heterocycles. The second-order valence-corrected chi connectivity index (χ2v) is 6.02. The van der Waals surface area contributed by atoms with E-state index in [2.05, 4.69) is 25.5 Å². The van der Waals surface area contributed by atoms with Gasteiger partial charge >= 0.3 is 0 Å². The van der Waals surface area contributed by atoms with Gasteiger partial charge in [0.2, 0.25) is 0 Å². The minimum atomic E-state index is -0.219. The van der Waals surface area contributed by atoms with Gasteiger partial charge in [0.25, 0.3) is 0 Å². The quantitative estimate of drug-likeness (QED) is 0.585. The molecule has 96 valence electrons. The summed E-state index contributed by atoms with van der Waals surface area (Å²) in [4.78, 5) is 11.4. The third-order valence-corrected chi connectivity index (χ3v) is 5.14. The highest BCUT2D eigenvalue weighted by Crippen LogP contribution is 2.37. The smallest absolute Gasteiger partial charge is 0.156 e. The molecule has 2 nitrogen and oxygen atoms in total. The average Bonchev–Trinajstić information content (AvgIpc) is 2.39. The molecule has 0 bridgehead atoms. The van der Waals surface area contributed by atoms with E-state index >= 15 is 0 Å². The zero-order valence-corrected chi connectivity index (χ0v) is 12.9. The number of carbonyl (C=O) groups excluding carboxylic acids is 1. The molecule has 1 aliphatic rings. The fourth-order valence-electron chi connectivity index (χ4n) is 2.03. The monoisotopic (exact) mass is 377 g/mol. The highest BCUT2D eigenvalue weighted by Gasteiger charge is 2.26. The lowest BCUT2D eigenvalue weighted by molar-refractivity contribution is -0.113. The fraction of sp³-hybridized carbons (Fsp3) is 0.308. The van der Waals surface area contributed by atoms with Gasteiger partial charge < -0.3 is 0 Å². The number of hydrogen-bond donors (Lipinski definition) is 0.